The molecule has 0 atom stereocenters. The molecule has 1 aliphatic heterocycles. The molecule has 1 heterocycles. The molecule has 25 heavy (non-hydrogen) atoms. The highest BCUT2D eigenvalue weighted by atomic mass is 16.5. The lowest BCUT2D eigenvalue weighted by Gasteiger charge is -2.28. The molecule has 0 aromatic heterocycles. The molecule has 0 saturated carbocycles. The van der Waals surface area contributed by atoms with E-state index in [1.165, 1.54) is 32.7 Å². The smallest absolute Gasteiger partial charge is 0.161 e. The molecule has 134 valence electrons. The number of piperazine rings is 1. The van der Waals surface area contributed by atoms with Gasteiger partial charge in [0.1, 0.15) is 45.9 Å². The molecule has 1 aliphatic rings. The van der Waals surface area contributed by atoms with Crippen molar-refractivity contribution in [3.05, 3.63) is 60.2 Å². The third-order valence-corrected chi connectivity index (χ3v) is 4.96. The second kappa shape index (κ2) is 9.44. The van der Waals surface area contributed by atoms with Gasteiger partial charge in [0.25, 0.3) is 0 Å². The number of quaternary nitrogens is 2. The van der Waals surface area contributed by atoms with Gasteiger partial charge >= 0.3 is 0 Å². The van der Waals surface area contributed by atoms with E-state index in [4.69, 9.17) is 9.47 Å². The molecular weight excluding hydrogens is 312 g/mol. The first-order chi connectivity index (χ1) is 12.3. The minimum absolute atomic E-state index is 0.564. The summed E-state index contributed by atoms with van der Waals surface area (Å²) in [6, 6.07) is 18.2. The second-order valence-corrected chi connectivity index (χ2v) is 6.67. The number of nitrogens with one attached hydrogen (secondary N) is 2. The third-order valence-electron chi connectivity index (χ3n) is 4.96. The summed E-state index contributed by atoms with van der Waals surface area (Å²) in [6.45, 7) is 10.9. The van der Waals surface area contributed by atoms with E-state index in [1.54, 1.807) is 9.80 Å². The van der Waals surface area contributed by atoms with Crippen LogP contribution in [0.5, 0.6) is 11.5 Å². The van der Waals surface area contributed by atoms with Crippen LogP contribution in [0.1, 0.15) is 12.5 Å². The van der Waals surface area contributed by atoms with Crippen molar-refractivity contribution in [2.75, 3.05) is 45.9 Å². The van der Waals surface area contributed by atoms with Crippen molar-refractivity contribution in [2.24, 2.45) is 0 Å². The number of ether oxygens (including phenoxy) is 2. The van der Waals surface area contributed by atoms with E-state index in [-0.39, 0.29) is 0 Å². The zero-order valence-corrected chi connectivity index (χ0v) is 15.2. The van der Waals surface area contributed by atoms with E-state index >= 15 is 0 Å². The van der Waals surface area contributed by atoms with Crippen molar-refractivity contribution in [3.63, 3.8) is 0 Å². The fourth-order valence-corrected chi connectivity index (χ4v) is 3.29. The van der Waals surface area contributed by atoms with E-state index in [0.717, 1.165) is 30.2 Å². The van der Waals surface area contributed by atoms with Gasteiger partial charge in [-0.05, 0) is 24.6 Å². The summed E-state index contributed by atoms with van der Waals surface area (Å²) in [5.41, 5.74) is 1.16. The molecule has 0 amide bonds. The van der Waals surface area contributed by atoms with Crippen LogP contribution in [0.25, 0.3) is 0 Å². The highest BCUT2D eigenvalue weighted by molar-refractivity contribution is 5.39. The van der Waals surface area contributed by atoms with Gasteiger partial charge in [-0.3, -0.25) is 0 Å². The lowest BCUT2D eigenvalue weighted by atomic mass is 10.2. The van der Waals surface area contributed by atoms with Crippen LogP contribution in [0.2, 0.25) is 0 Å². The lowest BCUT2D eigenvalue weighted by Crippen LogP contribution is -3.28. The van der Waals surface area contributed by atoms with Gasteiger partial charge in [0.2, 0.25) is 0 Å². The molecule has 2 N–H and O–H groups in total. The fourth-order valence-electron chi connectivity index (χ4n) is 3.29. The van der Waals surface area contributed by atoms with E-state index in [0.29, 0.717) is 6.61 Å². The van der Waals surface area contributed by atoms with Gasteiger partial charge < -0.3 is 19.3 Å². The van der Waals surface area contributed by atoms with Gasteiger partial charge in [0.05, 0.1) is 6.54 Å². The summed E-state index contributed by atoms with van der Waals surface area (Å²) >= 11 is 0. The number of hydrogen-bond donors (Lipinski definition) is 2. The SMILES string of the molecule is CC[NH+]1CC[NH+](CCOc2ccccc2OCc2ccccc2)CC1. The Morgan fingerprint density at radius 1 is 0.760 bits per heavy atom. The molecule has 0 spiro atoms. The zero-order chi connectivity index (χ0) is 17.3. The van der Waals surface area contributed by atoms with E-state index in [1.807, 2.05) is 42.5 Å². The summed E-state index contributed by atoms with van der Waals surface area (Å²) in [5, 5.41) is 0. The highest BCUT2D eigenvalue weighted by Crippen LogP contribution is 2.27. The highest BCUT2D eigenvalue weighted by Gasteiger charge is 2.21. The maximum absolute atomic E-state index is 6.03. The summed E-state index contributed by atoms with van der Waals surface area (Å²) < 4.78 is 12.0. The first-order valence-corrected chi connectivity index (χ1v) is 9.41. The Labute approximate surface area is 151 Å². The van der Waals surface area contributed by atoms with Gasteiger partial charge in [0.15, 0.2) is 11.5 Å². The molecule has 0 aliphatic carbocycles. The molecule has 1 fully saturated rings. The summed E-state index contributed by atoms with van der Waals surface area (Å²) in [7, 11) is 0. The summed E-state index contributed by atoms with van der Waals surface area (Å²) in [6.07, 6.45) is 0. The maximum atomic E-state index is 6.03. The maximum Gasteiger partial charge on any atom is 0.161 e. The molecule has 2 aromatic carbocycles. The van der Waals surface area contributed by atoms with Crippen LogP contribution in [0.4, 0.5) is 0 Å². The molecule has 0 unspecified atom stereocenters. The van der Waals surface area contributed by atoms with Crippen LogP contribution in [-0.2, 0) is 6.61 Å². The lowest BCUT2D eigenvalue weighted by molar-refractivity contribution is -1.01. The molecule has 4 nitrogen and oxygen atoms in total. The van der Waals surface area contributed by atoms with Crippen LogP contribution >= 0.6 is 0 Å². The molecular formula is C21H30N2O2+2. The van der Waals surface area contributed by atoms with E-state index < -0.39 is 0 Å². The Hall–Kier alpha value is -2.04. The van der Waals surface area contributed by atoms with Crippen molar-refractivity contribution in [2.45, 2.75) is 13.5 Å². The van der Waals surface area contributed by atoms with E-state index in [2.05, 4.69) is 19.1 Å². The second-order valence-electron chi connectivity index (χ2n) is 6.67. The van der Waals surface area contributed by atoms with E-state index in [9.17, 15) is 0 Å². The quantitative estimate of drug-likeness (QED) is 0.729. The zero-order valence-electron chi connectivity index (χ0n) is 15.2. The molecule has 1 saturated heterocycles. The minimum atomic E-state index is 0.564. The summed E-state index contributed by atoms with van der Waals surface area (Å²) in [4.78, 5) is 3.38. The Morgan fingerprint density at radius 2 is 1.36 bits per heavy atom. The van der Waals surface area contributed by atoms with Crippen molar-refractivity contribution in [3.8, 4) is 11.5 Å². The average Bonchev–Trinajstić information content (AvgIpc) is 2.68. The van der Waals surface area contributed by atoms with Gasteiger partial charge in [-0.25, -0.2) is 0 Å². The first-order valence-electron chi connectivity index (χ1n) is 9.41. The van der Waals surface area contributed by atoms with Gasteiger partial charge in [-0.2, -0.15) is 0 Å². The molecule has 0 bridgehead atoms. The predicted molar refractivity (Wildman–Crippen MR) is 99.5 cm³/mol. The largest absolute Gasteiger partial charge is 0.485 e. The Morgan fingerprint density at radius 3 is 2.04 bits per heavy atom. The van der Waals surface area contributed by atoms with Crippen LogP contribution in [0, 0.1) is 0 Å². The number of benzene rings is 2. The molecule has 3 rings (SSSR count). The Balaban J connectivity index is 1.46. The van der Waals surface area contributed by atoms with Crippen LogP contribution in [0.3, 0.4) is 0 Å². The normalized spacial score (nSPS) is 20.2. The number of para-hydroxylation sites is 2. The number of rotatable bonds is 8. The Bertz CT molecular complexity index is 625. The predicted octanol–water partition coefficient (Wildman–Crippen LogP) is 0.448. The van der Waals surface area contributed by atoms with Gasteiger partial charge in [-0.15, -0.1) is 0 Å². The fraction of sp³-hybridized carbons (Fsp3) is 0.429. The van der Waals surface area contributed by atoms with Crippen molar-refractivity contribution < 1.29 is 19.3 Å². The third kappa shape index (κ3) is 5.48. The van der Waals surface area contributed by atoms with Crippen molar-refractivity contribution in [1.29, 1.82) is 0 Å². The van der Waals surface area contributed by atoms with Gasteiger partial charge in [-0.1, -0.05) is 42.5 Å². The molecule has 0 radical (unpaired) electrons. The number of hydrogen-bond acceptors (Lipinski definition) is 2. The first kappa shape index (κ1) is 17.8. The monoisotopic (exact) mass is 342 g/mol. The van der Waals surface area contributed by atoms with Crippen molar-refractivity contribution >= 4 is 0 Å². The standard InChI is InChI=1S/C21H28N2O2/c1-2-22-12-14-23(15-13-22)16-17-24-20-10-6-7-11-21(20)25-18-19-8-4-3-5-9-19/h3-11H,2,12-18H2,1H3/p+2. The van der Waals surface area contributed by atoms with Crippen LogP contribution in [0.15, 0.2) is 54.6 Å². The van der Waals surface area contributed by atoms with Crippen LogP contribution < -0.4 is 19.3 Å². The Kier molecular flexibility index (Phi) is 6.71. The average molecular weight is 342 g/mol. The molecule has 2 aromatic rings. The van der Waals surface area contributed by atoms with Crippen LogP contribution in [-0.4, -0.2) is 45.9 Å². The summed E-state index contributed by atoms with van der Waals surface area (Å²) in [5.74, 6) is 1.66. The number of likely N-dealkylation sites (N-methyl/N-ethyl adjacent to an activating group) is 1. The van der Waals surface area contributed by atoms with Crippen molar-refractivity contribution in [1.82, 2.24) is 0 Å². The van der Waals surface area contributed by atoms with Gasteiger partial charge in [0, 0.05) is 0 Å². The minimum Gasteiger partial charge on any atom is -0.485 e. The molecule has 4 heteroatoms. The topological polar surface area (TPSA) is 27.3 Å².